The van der Waals surface area contributed by atoms with Crippen LogP contribution in [0.15, 0.2) is 53.9 Å². The number of thiazole rings is 1. The maximum atomic E-state index is 13.3. The molecule has 160 valence electrons. The van der Waals surface area contributed by atoms with Crippen LogP contribution < -0.4 is 22.0 Å². The van der Waals surface area contributed by atoms with E-state index >= 15 is 0 Å². The van der Waals surface area contributed by atoms with Crippen LogP contribution in [0.2, 0.25) is 0 Å². The van der Waals surface area contributed by atoms with E-state index in [4.69, 9.17) is 9.72 Å². The summed E-state index contributed by atoms with van der Waals surface area (Å²) in [5, 5.41) is 2.73. The minimum atomic E-state index is -0.00233. The van der Waals surface area contributed by atoms with Gasteiger partial charge in [-0.2, -0.15) is 0 Å². The largest absolute Gasteiger partial charge is 1.00 e. The second-order valence-corrected chi connectivity index (χ2v) is 8.01. The summed E-state index contributed by atoms with van der Waals surface area (Å²) in [4.78, 5) is 22.0. The summed E-state index contributed by atoms with van der Waals surface area (Å²) < 4.78 is 5.23. The minimum absolute atomic E-state index is 0. The molecule has 1 heterocycles. The number of ether oxygens (including phenoxy) is 1. The first-order valence-electron chi connectivity index (χ1n) is 9.62. The summed E-state index contributed by atoms with van der Waals surface area (Å²) in [6, 6.07) is 15.5. The quantitative estimate of drug-likeness (QED) is 0.531. The average Bonchev–Trinajstić information content (AvgIpc) is 3.21. The fourth-order valence-electron chi connectivity index (χ4n) is 3.07. The molecule has 0 bridgehead atoms. The van der Waals surface area contributed by atoms with Crippen molar-refractivity contribution in [2.45, 2.75) is 13.3 Å². The Balaban J connectivity index is 0.00000320. The van der Waals surface area contributed by atoms with Crippen LogP contribution in [0.5, 0.6) is 5.75 Å². The Labute approximate surface area is 188 Å². The second-order valence-electron chi connectivity index (χ2n) is 7.17. The summed E-state index contributed by atoms with van der Waals surface area (Å²) in [6.45, 7) is 3.51. The van der Waals surface area contributed by atoms with Crippen LogP contribution >= 0.6 is 11.3 Å². The van der Waals surface area contributed by atoms with Crippen LogP contribution in [0.25, 0.3) is 11.3 Å². The van der Waals surface area contributed by atoms with Gasteiger partial charge in [0.1, 0.15) is 5.75 Å². The number of carbonyl (C=O) groups is 1. The molecule has 0 saturated heterocycles. The van der Waals surface area contributed by atoms with Crippen LogP contribution in [-0.4, -0.2) is 50.1 Å². The van der Waals surface area contributed by atoms with Gasteiger partial charge in [0, 0.05) is 23.1 Å². The summed E-state index contributed by atoms with van der Waals surface area (Å²) in [6.07, 6.45) is 0.877. The summed E-state index contributed by atoms with van der Waals surface area (Å²) in [7, 11) is 5.73. The van der Waals surface area contributed by atoms with E-state index in [0.717, 1.165) is 46.2 Å². The van der Waals surface area contributed by atoms with Gasteiger partial charge in [-0.1, -0.05) is 18.2 Å². The Kier molecular flexibility index (Phi) is 8.84. The van der Waals surface area contributed by atoms with Crippen LogP contribution in [0.1, 0.15) is 22.3 Å². The standard InChI is InChI=1S/C23H27N3O2S.ClH/c1-17-8-5-6-9-20(17)22(27)26(15-7-14-25(2)3)23-24-21(16-29-23)18-10-12-19(28-4)13-11-18;/h5-6,8-13,16H,7,14-15H2,1-4H3;1H/p-1. The molecule has 0 unspecified atom stereocenters. The number of amides is 1. The highest BCUT2D eigenvalue weighted by Crippen LogP contribution is 2.30. The van der Waals surface area contributed by atoms with Gasteiger partial charge in [-0.05, 0) is 69.9 Å². The SMILES string of the molecule is COc1ccc(-c2csc(N(CCCN(C)C)C(=O)c3ccccc3C)n2)cc1.[Cl-]. The zero-order chi connectivity index (χ0) is 20.8. The summed E-state index contributed by atoms with van der Waals surface area (Å²) in [5.74, 6) is 0.807. The third kappa shape index (κ3) is 5.81. The Morgan fingerprint density at radius 1 is 1.07 bits per heavy atom. The summed E-state index contributed by atoms with van der Waals surface area (Å²) >= 11 is 1.50. The van der Waals surface area contributed by atoms with Crippen LogP contribution in [0.3, 0.4) is 0 Å². The number of aryl methyl sites for hydroxylation is 1. The number of aromatic nitrogens is 1. The average molecular weight is 445 g/mol. The lowest BCUT2D eigenvalue weighted by atomic mass is 10.1. The molecular formula is C23H27ClN3O2S-. The van der Waals surface area contributed by atoms with E-state index in [2.05, 4.69) is 4.90 Å². The predicted molar refractivity (Wildman–Crippen MR) is 120 cm³/mol. The molecular weight excluding hydrogens is 418 g/mol. The first-order valence-corrected chi connectivity index (χ1v) is 10.5. The third-order valence-electron chi connectivity index (χ3n) is 4.72. The first kappa shape index (κ1) is 23.9. The molecule has 1 amide bonds. The number of benzene rings is 2. The number of methoxy groups -OCH3 is 1. The molecule has 0 spiro atoms. The molecule has 0 aliphatic rings. The van der Waals surface area contributed by atoms with E-state index in [0.29, 0.717) is 6.54 Å². The maximum Gasteiger partial charge on any atom is 0.260 e. The van der Waals surface area contributed by atoms with Crippen molar-refractivity contribution >= 4 is 22.4 Å². The number of halogens is 1. The lowest BCUT2D eigenvalue weighted by Gasteiger charge is -2.22. The maximum absolute atomic E-state index is 13.3. The van der Waals surface area contributed by atoms with E-state index < -0.39 is 0 Å². The van der Waals surface area contributed by atoms with Crippen LogP contribution in [-0.2, 0) is 0 Å². The van der Waals surface area contributed by atoms with Gasteiger partial charge in [0.25, 0.3) is 5.91 Å². The fraction of sp³-hybridized carbons (Fsp3) is 0.304. The van der Waals surface area contributed by atoms with E-state index in [1.165, 1.54) is 11.3 Å². The smallest absolute Gasteiger partial charge is 0.260 e. The van der Waals surface area contributed by atoms with Gasteiger partial charge in [-0.25, -0.2) is 4.98 Å². The van der Waals surface area contributed by atoms with E-state index in [-0.39, 0.29) is 18.3 Å². The minimum Gasteiger partial charge on any atom is -1.00 e. The molecule has 0 radical (unpaired) electrons. The molecule has 30 heavy (non-hydrogen) atoms. The number of nitrogens with zero attached hydrogens (tertiary/aromatic N) is 3. The zero-order valence-electron chi connectivity index (χ0n) is 17.8. The molecule has 0 N–H and O–H groups in total. The van der Waals surface area contributed by atoms with E-state index in [1.807, 2.05) is 79.8 Å². The Morgan fingerprint density at radius 2 is 1.77 bits per heavy atom. The van der Waals surface area contributed by atoms with Crippen LogP contribution in [0, 0.1) is 6.92 Å². The Hall–Kier alpha value is -2.41. The highest BCUT2D eigenvalue weighted by Gasteiger charge is 2.22. The van der Waals surface area contributed by atoms with E-state index in [9.17, 15) is 4.79 Å². The predicted octanol–water partition coefficient (Wildman–Crippen LogP) is 1.73. The number of hydrogen-bond donors (Lipinski definition) is 0. The molecule has 3 rings (SSSR count). The highest BCUT2D eigenvalue weighted by atomic mass is 35.5. The molecule has 0 saturated carbocycles. The van der Waals surface area contributed by atoms with Gasteiger partial charge in [-0.15, -0.1) is 11.3 Å². The Bertz CT molecular complexity index is 957. The van der Waals surface area contributed by atoms with Crippen molar-refractivity contribution in [1.29, 1.82) is 0 Å². The monoisotopic (exact) mass is 444 g/mol. The lowest BCUT2D eigenvalue weighted by molar-refractivity contribution is -0.0000140. The van der Waals surface area contributed by atoms with Crippen molar-refractivity contribution in [3.05, 3.63) is 65.0 Å². The molecule has 0 fully saturated rings. The summed E-state index contributed by atoms with van der Waals surface area (Å²) in [5.41, 5.74) is 3.56. The molecule has 0 aliphatic heterocycles. The number of hydrogen-bond acceptors (Lipinski definition) is 5. The van der Waals surface area contributed by atoms with Crippen LogP contribution in [0.4, 0.5) is 5.13 Å². The van der Waals surface area contributed by atoms with Gasteiger partial charge < -0.3 is 22.0 Å². The van der Waals surface area contributed by atoms with Crippen molar-refractivity contribution in [3.8, 4) is 17.0 Å². The molecule has 0 aliphatic carbocycles. The zero-order valence-corrected chi connectivity index (χ0v) is 19.3. The second kappa shape index (κ2) is 11.1. The van der Waals surface area contributed by atoms with Crippen molar-refractivity contribution < 1.29 is 21.9 Å². The van der Waals surface area contributed by atoms with Crippen molar-refractivity contribution in [2.24, 2.45) is 0 Å². The van der Waals surface area contributed by atoms with Crippen molar-refractivity contribution in [1.82, 2.24) is 9.88 Å². The fourth-order valence-corrected chi connectivity index (χ4v) is 3.93. The van der Waals surface area contributed by atoms with Gasteiger partial charge in [-0.3, -0.25) is 9.69 Å². The topological polar surface area (TPSA) is 45.7 Å². The number of anilines is 1. The first-order chi connectivity index (χ1) is 14.0. The van der Waals surface area contributed by atoms with Gasteiger partial charge in [0.05, 0.1) is 12.8 Å². The number of carbonyl (C=O) groups excluding carboxylic acids is 1. The Morgan fingerprint density at radius 3 is 2.40 bits per heavy atom. The van der Waals surface area contributed by atoms with E-state index in [1.54, 1.807) is 7.11 Å². The highest BCUT2D eigenvalue weighted by molar-refractivity contribution is 7.14. The van der Waals surface area contributed by atoms with Crippen molar-refractivity contribution in [3.63, 3.8) is 0 Å². The molecule has 5 nitrogen and oxygen atoms in total. The van der Waals surface area contributed by atoms with Gasteiger partial charge in [0.15, 0.2) is 5.13 Å². The normalized spacial score (nSPS) is 10.6. The molecule has 7 heteroatoms. The lowest BCUT2D eigenvalue weighted by Crippen LogP contribution is -3.00. The van der Waals surface area contributed by atoms with Crippen molar-refractivity contribution in [2.75, 3.05) is 39.2 Å². The molecule has 3 aromatic rings. The molecule has 2 aromatic carbocycles. The van der Waals surface area contributed by atoms with Gasteiger partial charge in [0.2, 0.25) is 0 Å². The number of rotatable bonds is 8. The molecule has 1 aromatic heterocycles. The van der Waals surface area contributed by atoms with Gasteiger partial charge >= 0.3 is 0 Å². The molecule has 0 atom stereocenters. The third-order valence-corrected chi connectivity index (χ3v) is 5.58.